The third-order valence-electron chi connectivity index (χ3n) is 3.87. The molecule has 0 heterocycles. The first-order chi connectivity index (χ1) is 10.9. The minimum absolute atomic E-state index is 0.0605. The lowest BCUT2D eigenvalue weighted by Gasteiger charge is -2.06. The van der Waals surface area contributed by atoms with Crippen LogP contribution in [0.4, 0.5) is 5.69 Å². The Morgan fingerprint density at radius 1 is 1.04 bits per heavy atom. The number of nitro benzene ring substituents is 1. The van der Waals surface area contributed by atoms with Gasteiger partial charge in [0.2, 0.25) is 0 Å². The second-order valence-corrected chi connectivity index (χ2v) is 5.35. The first kappa shape index (κ1) is 14.8. The summed E-state index contributed by atoms with van der Waals surface area (Å²) >= 11 is 0. The fourth-order valence-corrected chi connectivity index (χ4v) is 2.70. The number of ketones is 3. The Bertz CT molecular complexity index is 867. The van der Waals surface area contributed by atoms with E-state index in [1.807, 2.05) is 6.92 Å². The van der Waals surface area contributed by atoms with E-state index in [1.54, 1.807) is 12.1 Å². The monoisotopic (exact) mass is 309 g/mol. The molecule has 0 spiro atoms. The van der Waals surface area contributed by atoms with Crippen LogP contribution in [-0.2, 0) is 0 Å². The number of benzene rings is 2. The summed E-state index contributed by atoms with van der Waals surface area (Å²) in [6, 6.07) is 10.3. The molecular formula is C17H11NO5. The first-order valence-corrected chi connectivity index (χ1v) is 6.88. The number of nitrogens with zero attached hydrogens (tertiary/aromatic N) is 1. The summed E-state index contributed by atoms with van der Waals surface area (Å²) < 4.78 is 0. The summed E-state index contributed by atoms with van der Waals surface area (Å²) in [5.74, 6) is -3.65. The van der Waals surface area contributed by atoms with Gasteiger partial charge >= 0.3 is 0 Å². The normalized spacial score (nSPS) is 16.3. The molecule has 0 aliphatic heterocycles. The maximum absolute atomic E-state index is 12.5. The quantitative estimate of drug-likeness (QED) is 0.376. The van der Waals surface area contributed by atoms with Crippen molar-refractivity contribution < 1.29 is 19.3 Å². The number of carbonyl (C=O) groups is 3. The molecule has 6 nitrogen and oxygen atoms in total. The Balaban J connectivity index is 2.07. The molecule has 0 radical (unpaired) electrons. The SMILES string of the molecule is Cc1ccc(C(=O)[C@H]2C(=O)c3cccc([N+](=O)[O-])c3C2=O)cc1. The lowest BCUT2D eigenvalue weighted by Crippen LogP contribution is -2.25. The van der Waals surface area contributed by atoms with Crippen molar-refractivity contribution in [2.24, 2.45) is 5.92 Å². The number of rotatable bonds is 3. The number of hydrogen-bond acceptors (Lipinski definition) is 5. The molecule has 0 aromatic heterocycles. The minimum Gasteiger partial charge on any atom is -0.293 e. The van der Waals surface area contributed by atoms with Crippen molar-refractivity contribution in [2.75, 3.05) is 0 Å². The summed E-state index contributed by atoms with van der Waals surface area (Å²) in [4.78, 5) is 47.7. The van der Waals surface area contributed by atoms with Crippen LogP contribution in [0.25, 0.3) is 0 Å². The van der Waals surface area contributed by atoms with Crippen LogP contribution in [-0.4, -0.2) is 22.3 Å². The molecule has 2 aromatic carbocycles. The van der Waals surface area contributed by atoms with Crippen LogP contribution in [0, 0.1) is 23.0 Å². The van der Waals surface area contributed by atoms with Gasteiger partial charge in [-0.3, -0.25) is 24.5 Å². The Morgan fingerprint density at radius 2 is 1.70 bits per heavy atom. The number of aryl methyl sites for hydroxylation is 1. The second kappa shape index (κ2) is 5.24. The fraction of sp³-hybridized carbons (Fsp3) is 0.118. The van der Waals surface area contributed by atoms with E-state index in [9.17, 15) is 24.5 Å². The van der Waals surface area contributed by atoms with Crippen LogP contribution in [0.1, 0.15) is 36.6 Å². The molecule has 0 bridgehead atoms. The van der Waals surface area contributed by atoms with Crippen LogP contribution < -0.4 is 0 Å². The Labute approximate surface area is 130 Å². The van der Waals surface area contributed by atoms with Crippen LogP contribution in [0.15, 0.2) is 42.5 Å². The van der Waals surface area contributed by atoms with Gasteiger partial charge in [0, 0.05) is 17.2 Å². The van der Waals surface area contributed by atoms with Gasteiger partial charge in [-0.2, -0.15) is 0 Å². The molecule has 3 rings (SSSR count). The van der Waals surface area contributed by atoms with Gasteiger partial charge in [-0.15, -0.1) is 0 Å². The molecule has 23 heavy (non-hydrogen) atoms. The average Bonchev–Trinajstić information content (AvgIpc) is 2.79. The largest absolute Gasteiger partial charge is 0.293 e. The summed E-state index contributed by atoms with van der Waals surface area (Å²) in [6.45, 7) is 1.85. The van der Waals surface area contributed by atoms with Crippen molar-refractivity contribution in [1.29, 1.82) is 0 Å². The third-order valence-corrected chi connectivity index (χ3v) is 3.87. The number of carbonyl (C=O) groups excluding carboxylic acids is 3. The highest BCUT2D eigenvalue weighted by atomic mass is 16.6. The van der Waals surface area contributed by atoms with Crippen molar-refractivity contribution >= 4 is 23.0 Å². The lowest BCUT2D eigenvalue weighted by molar-refractivity contribution is -0.385. The van der Waals surface area contributed by atoms with Gasteiger partial charge in [0.15, 0.2) is 17.3 Å². The van der Waals surface area contributed by atoms with Gasteiger partial charge in [0.25, 0.3) is 5.69 Å². The van der Waals surface area contributed by atoms with Crippen LogP contribution in [0.2, 0.25) is 0 Å². The van der Waals surface area contributed by atoms with E-state index in [1.165, 1.54) is 24.3 Å². The van der Waals surface area contributed by atoms with E-state index in [2.05, 4.69) is 0 Å². The van der Waals surface area contributed by atoms with Gasteiger partial charge in [-0.1, -0.05) is 42.0 Å². The van der Waals surface area contributed by atoms with Crippen molar-refractivity contribution in [2.45, 2.75) is 6.92 Å². The van der Waals surface area contributed by atoms with E-state index in [0.717, 1.165) is 11.6 Å². The number of Topliss-reactive ketones (excluding diaryl/α,β-unsaturated/α-hetero) is 3. The zero-order valence-electron chi connectivity index (χ0n) is 12.1. The van der Waals surface area contributed by atoms with E-state index < -0.39 is 33.9 Å². The predicted molar refractivity (Wildman–Crippen MR) is 80.8 cm³/mol. The molecule has 6 heteroatoms. The van der Waals surface area contributed by atoms with Crippen LogP contribution in [0.5, 0.6) is 0 Å². The fourth-order valence-electron chi connectivity index (χ4n) is 2.70. The molecule has 2 aromatic rings. The van der Waals surface area contributed by atoms with E-state index >= 15 is 0 Å². The molecule has 0 unspecified atom stereocenters. The number of hydrogen-bond donors (Lipinski definition) is 0. The standard InChI is InChI=1S/C17H11NO5/c1-9-5-7-10(8-6-9)15(19)14-16(20)11-3-2-4-12(18(22)23)13(11)17(14)21/h2-8,14H,1H3/t14-/m0/s1. The topological polar surface area (TPSA) is 94.3 Å². The van der Waals surface area contributed by atoms with E-state index in [0.29, 0.717) is 0 Å². The van der Waals surface area contributed by atoms with Crippen molar-refractivity contribution in [3.05, 3.63) is 74.8 Å². The van der Waals surface area contributed by atoms with Crippen molar-refractivity contribution in [3.8, 4) is 0 Å². The zero-order valence-corrected chi connectivity index (χ0v) is 12.1. The molecule has 0 N–H and O–H groups in total. The maximum Gasteiger partial charge on any atom is 0.280 e. The smallest absolute Gasteiger partial charge is 0.280 e. The van der Waals surface area contributed by atoms with Crippen molar-refractivity contribution in [3.63, 3.8) is 0 Å². The molecule has 0 saturated carbocycles. The lowest BCUT2D eigenvalue weighted by atomic mass is 9.93. The molecular weight excluding hydrogens is 298 g/mol. The molecule has 0 saturated heterocycles. The summed E-state index contributed by atoms with van der Waals surface area (Å²) in [6.07, 6.45) is 0. The van der Waals surface area contributed by atoms with Crippen LogP contribution >= 0.6 is 0 Å². The summed E-state index contributed by atoms with van der Waals surface area (Å²) in [5.41, 5.74) is 0.394. The Kier molecular flexibility index (Phi) is 3.37. The van der Waals surface area contributed by atoms with Crippen LogP contribution in [0.3, 0.4) is 0 Å². The number of nitro groups is 1. The maximum atomic E-state index is 12.5. The molecule has 1 aliphatic rings. The molecule has 0 amide bonds. The Hall–Kier alpha value is -3.15. The second-order valence-electron chi connectivity index (χ2n) is 5.35. The average molecular weight is 309 g/mol. The third kappa shape index (κ3) is 2.24. The summed E-state index contributed by atoms with van der Waals surface area (Å²) in [7, 11) is 0. The Morgan fingerprint density at radius 3 is 2.30 bits per heavy atom. The molecule has 0 fully saturated rings. The zero-order chi connectivity index (χ0) is 16.7. The van der Waals surface area contributed by atoms with Gasteiger partial charge in [-0.05, 0) is 6.92 Å². The highest BCUT2D eigenvalue weighted by Crippen LogP contribution is 2.35. The van der Waals surface area contributed by atoms with Gasteiger partial charge < -0.3 is 0 Å². The van der Waals surface area contributed by atoms with Gasteiger partial charge in [0.05, 0.1) is 4.92 Å². The van der Waals surface area contributed by atoms with Gasteiger partial charge in [0.1, 0.15) is 11.5 Å². The van der Waals surface area contributed by atoms with E-state index in [-0.39, 0.29) is 16.7 Å². The summed E-state index contributed by atoms with van der Waals surface area (Å²) in [5, 5.41) is 11.1. The highest BCUT2D eigenvalue weighted by Gasteiger charge is 2.47. The highest BCUT2D eigenvalue weighted by molar-refractivity contribution is 6.38. The van der Waals surface area contributed by atoms with E-state index in [4.69, 9.17) is 0 Å². The number of fused-ring (bicyclic) bond motifs is 1. The van der Waals surface area contributed by atoms with Gasteiger partial charge in [-0.25, -0.2) is 0 Å². The first-order valence-electron chi connectivity index (χ1n) is 6.88. The molecule has 1 aliphatic carbocycles. The molecule has 114 valence electrons. The predicted octanol–water partition coefficient (Wildman–Crippen LogP) is 2.78. The van der Waals surface area contributed by atoms with Crippen molar-refractivity contribution in [1.82, 2.24) is 0 Å². The minimum atomic E-state index is -1.53. The molecule has 1 atom stereocenters.